The number of aryl methyl sites for hydroxylation is 1. The van der Waals surface area contributed by atoms with Gasteiger partial charge in [-0.1, -0.05) is 13.0 Å². The van der Waals surface area contributed by atoms with Gasteiger partial charge in [-0.25, -0.2) is 0 Å². The Kier molecular flexibility index (Phi) is 2.46. The minimum atomic E-state index is 0.0121. The normalized spacial score (nSPS) is 10.5. The largest absolute Gasteiger partial charge is 0.496 e. The molecule has 0 saturated carbocycles. The zero-order valence-electron chi connectivity index (χ0n) is 8.83. The molecule has 2 rings (SSSR count). The zero-order valence-corrected chi connectivity index (χ0v) is 8.83. The molecule has 0 aliphatic rings. The summed E-state index contributed by atoms with van der Waals surface area (Å²) in [5.41, 5.74) is 1.79. The highest BCUT2D eigenvalue weighted by Crippen LogP contribution is 2.20. The lowest BCUT2D eigenvalue weighted by atomic mass is 10.1. The molecule has 3 heteroatoms. The summed E-state index contributed by atoms with van der Waals surface area (Å²) in [6.45, 7) is 2.01. The first-order valence-electron chi connectivity index (χ1n) is 4.95. The van der Waals surface area contributed by atoms with Gasteiger partial charge in [0.1, 0.15) is 5.75 Å². The molecule has 0 saturated heterocycles. The van der Waals surface area contributed by atoms with Crippen molar-refractivity contribution in [3.8, 4) is 5.75 Å². The maximum atomic E-state index is 11.8. The van der Waals surface area contributed by atoms with Crippen LogP contribution in [0.3, 0.4) is 0 Å². The van der Waals surface area contributed by atoms with Crippen molar-refractivity contribution >= 4 is 10.9 Å². The van der Waals surface area contributed by atoms with Gasteiger partial charge in [-0.05, 0) is 18.6 Å². The minimum absolute atomic E-state index is 0.0121. The molecule has 0 spiro atoms. The van der Waals surface area contributed by atoms with Crippen molar-refractivity contribution in [1.29, 1.82) is 0 Å². The average molecular weight is 203 g/mol. The number of H-pyrrole nitrogens is 1. The Balaban J connectivity index is 2.85. The van der Waals surface area contributed by atoms with Crippen LogP contribution in [0, 0.1) is 0 Å². The number of aromatic nitrogens is 1. The molecule has 1 aromatic carbocycles. The van der Waals surface area contributed by atoms with E-state index in [0.717, 1.165) is 17.6 Å². The maximum absolute atomic E-state index is 11.8. The van der Waals surface area contributed by atoms with Crippen molar-refractivity contribution in [3.05, 3.63) is 40.2 Å². The quantitative estimate of drug-likeness (QED) is 0.812. The highest BCUT2D eigenvalue weighted by atomic mass is 16.5. The average Bonchev–Trinajstić information content (AvgIpc) is 2.27. The Bertz CT molecular complexity index is 543. The predicted octanol–water partition coefficient (Wildman–Crippen LogP) is 2.10. The van der Waals surface area contributed by atoms with Crippen molar-refractivity contribution in [2.45, 2.75) is 13.3 Å². The van der Waals surface area contributed by atoms with Crippen molar-refractivity contribution in [3.63, 3.8) is 0 Å². The minimum Gasteiger partial charge on any atom is -0.496 e. The molecule has 0 aliphatic heterocycles. The van der Waals surface area contributed by atoms with Gasteiger partial charge in [-0.15, -0.1) is 0 Å². The highest BCUT2D eigenvalue weighted by molar-refractivity contribution is 5.84. The van der Waals surface area contributed by atoms with Crippen molar-refractivity contribution in [2.24, 2.45) is 0 Å². The van der Waals surface area contributed by atoms with Gasteiger partial charge in [-0.3, -0.25) is 4.79 Å². The van der Waals surface area contributed by atoms with Gasteiger partial charge in [0.2, 0.25) is 0 Å². The fourth-order valence-electron chi connectivity index (χ4n) is 1.69. The number of nitrogens with one attached hydrogen (secondary N) is 1. The van der Waals surface area contributed by atoms with Gasteiger partial charge in [0.05, 0.1) is 18.0 Å². The van der Waals surface area contributed by atoms with Crippen LogP contribution in [0.2, 0.25) is 0 Å². The number of aromatic amines is 1. The van der Waals surface area contributed by atoms with E-state index in [1.54, 1.807) is 19.2 Å². The van der Waals surface area contributed by atoms with E-state index in [2.05, 4.69) is 4.98 Å². The Morgan fingerprint density at radius 3 is 2.87 bits per heavy atom. The molecule has 3 nitrogen and oxygen atoms in total. The fourth-order valence-corrected chi connectivity index (χ4v) is 1.69. The molecule has 78 valence electrons. The molecule has 0 aliphatic carbocycles. The summed E-state index contributed by atoms with van der Waals surface area (Å²) in [4.78, 5) is 15.1. The summed E-state index contributed by atoms with van der Waals surface area (Å²) < 4.78 is 5.16. The Hall–Kier alpha value is -1.77. The lowest BCUT2D eigenvalue weighted by Crippen LogP contribution is -2.06. The molecular weight excluding hydrogens is 190 g/mol. The number of fused-ring (bicyclic) bond motifs is 1. The second-order valence-electron chi connectivity index (χ2n) is 3.40. The van der Waals surface area contributed by atoms with Crippen LogP contribution in [0.15, 0.2) is 29.1 Å². The Morgan fingerprint density at radius 1 is 1.40 bits per heavy atom. The van der Waals surface area contributed by atoms with Crippen LogP contribution in [0.5, 0.6) is 5.75 Å². The first kappa shape index (κ1) is 9.77. The smallest absolute Gasteiger partial charge is 0.193 e. The molecule has 1 heterocycles. The molecule has 1 N–H and O–H groups in total. The molecule has 0 radical (unpaired) electrons. The number of rotatable bonds is 2. The van der Waals surface area contributed by atoms with E-state index in [0.29, 0.717) is 11.1 Å². The molecule has 15 heavy (non-hydrogen) atoms. The van der Waals surface area contributed by atoms with Crippen molar-refractivity contribution < 1.29 is 4.74 Å². The first-order chi connectivity index (χ1) is 7.26. The van der Waals surface area contributed by atoms with Crippen LogP contribution in [-0.4, -0.2) is 12.1 Å². The number of hydrogen-bond donors (Lipinski definition) is 1. The number of pyridine rings is 1. The van der Waals surface area contributed by atoms with Gasteiger partial charge in [0.25, 0.3) is 0 Å². The van der Waals surface area contributed by atoms with Gasteiger partial charge in [-0.2, -0.15) is 0 Å². The number of hydrogen-bond acceptors (Lipinski definition) is 2. The third-order valence-electron chi connectivity index (χ3n) is 2.47. The van der Waals surface area contributed by atoms with E-state index in [1.165, 1.54) is 0 Å². The summed E-state index contributed by atoms with van der Waals surface area (Å²) in [5, 5.41) is 0.622. The monoisotopic (exact) mass is 203 g/mol. The highest BCUT2D eigenvalue weighted by Gasteiger charge is 2.06. The van der Waals surface area contributed by atoms with Gasteiger partial charge in [0.15, 0.2) is 5.43 Å². The lowest BCUT2D eigenvalue weighted by molar-refractivity contribution is 0.419. The molecule has 0 bridgehead atoms. The summed E-state index contributed by atoms with van der Waals surface area (Å²) in [5.74, 6) is 0.622. The van der Waals surface area contributed by atoms with E-state index in [4.69, 9.17) is 4.74 Å². The van der Waals surface area contributed by atoms with E-state index < -0.39 is 0 Å². The lowest BCUT2D eigenvalue weighted by Gasteiger charge is -2.05. The van der Waals surface area contributed by atoms with Crippen LogP contribution in [0.25, 0.3) is 10.9 Å². The molecule has 1 aromatic heterocycles. The van der Waals surface area contributed by atoms with Gasteiger partial charge in [0, 0.05) is 11.8 Å². The summed E-state index contributed by atoms with van der Waals surface area (Å²) >= 11 is 0. The third kappa shape index (κ3) is 1.61. The molecule has 0 amide bonds. The number of ether oxygens (including phenoxy) is 1. The van der Waals surface area contributed by atoms with E-state index in [1.807, 2.05) is 19.1 Å². The standard InChI is InChI=1S/C12H13NO2/c1-3-8-7-10(14)12-9(13-8)5-4-6-11(12)15-2/h4-7H,3H2,1-2H3,(H,13,14). The summed E-state index contributed by atoms with van der Waals surface area (Å²) in [7, 11) is 1.57. The van der Waals surface area contributed by atoms with Crippen LogP contribution in [0.1, 0.15) is 12.6 Å². The predicted molar refractivity (Wildman–Crippen MR) is 60.5 cm³/mol. The first-order valence-corrected chi connectivity index (χ1v) is 4.95. The Labute approximate surface area is 87.7 Å². The van der Waals surface area contributed by atoms with Crippen molar-refractivity contribution in [2.75, 3.05) is 7.11 Å². The Morgan fingerprint density at radius 2 is 2.20 bits per heavy atom. The molecule has 0 atom stereocenters. The molecular formula is C12H13NO2. The van der Waals surface area contributed by atoms with Crippen molar-refractivity contribution in [1.82, 2.24) is 4.98 Å². The molecule has 2 aromatic rings. The topological polar surface area (TPSA) is 42.1 Å². The van der Waals surface area contributed by atoms with Crippen LogP contribution in [-0.2, 0) is 6.42 Å². The summed E-state index contributed by atoms with van der Waals surface area (Å²) in [6, 6.07) is 7.18. The van der Waals surface area contributed by atoms with E-state index in [9.17, 15) is 4.79 Å². The fraction of sp³-hybridized carbons (Fsp3) is 0.250. The SMILES string of the molecule is CCc1cc(=O)c2c(OC)cccc2[nH]1. The van der Waals surface area contributed by atoms with E-state index in [-0.39, 0.29) is 5.43 Å². The van der Waals surface area contributed by atoms with Gasteiger partial charge >= 0.3 is 0 Å². The summed E-state index contributed by atoms with van der Waals surface area (Å²) in [6.07, 6.45) is 0.822. The number of methoxy groups -OCH3 is 1. The van der Waals surface area contributed by atoms with Gasteiger partial charge < -0.3 is 9.72 Å². The van der Waals surface area contributed by atoms with Crippen LogP contribution >= 0.6 is 0 Å². The number of benzene rings is 1. The second-order valence-corrected chi connectivity index (χ2v) is 3.40. The third-order valence-corrected chi connectivity index (χ3v) is 2.47. The van der Waals surface area contributed by atoms with E-state index >= 15 is 0 Å². The zero-order chi connectivity index (χ0) is 10.8. The van der Waals surface area contributed by atoms with Crippen LogP contribution in [0.4, 0.5) is 0 Å². The second kappa shape index (κ2) is 3.77. The molecule has 0 fully saturated rings. The molecule has 0 unspecified atom stereocenters. The maximum Gasteiger partial charge on any atom is 0.193 e. The van der Waals surface area contributed by atoms with Crippen LogP contribution < -0.4 is 10.2 Å².